The summed E-state index contributed by atoms with van der Waals surface area (Å²) in [6.45, 7) is 0. The molecule has 0 amide bonds. The molecule has 0 saturated carbocycles. The summed E-state index contributed by atoms with van der Waals surface area (Å²) < 4.78 is 12.6. The highest BCUT2D eigenvalue weighted by Crippen LogP contribution is 2.18. The minimum absolute atomic E-state index is 0.602. The van der Waals surface area contributed by atoms with Crippen LogP contribution >= 0.6 is 56.9 Å². The standard InChI is InChI=1S/C8H7N.2C7H6N2.2C7H5NS.C6H5N3.2C6H4N2S.2C5H4N4.C5H3N3S.C4H3N5/c1-2-6-9-7-3-5-8(9)4-1;1-2-6-9-7(3-1)4-5-8-9;1-2-4-7-6(3-1)8-5-9-7;1-2-6-4-9-5-7(6)8-3-1;1-2-4-7-6(3-1)8-5-9-7;1-2-6-7-4-5-9(6)8-3-1;1-5-2-9-3-6(5)8-4-7-1;1-2-5-6(7-3-1)9-4-8-5;1-5-2-7-4-9(5)8-3-6-1;1-4-5(8-2-6-1)9-3-7-4;1-4-5(2-9-8-4)7-3-6-1;1-3-4(6-2-5-1)8-9-7-3/h1-7H;1-6H;1-5H,(H,8,9);3*1-5H;3*1-4H;1-3H,(H,6,7,8,9);1-3H;1-2H,(H,5,6,7,8,9). The average molecular weight is 1510 g/mol. The summed E-state index contributed by atoms with van der Waals surface area (Å²) in [5, 5.41) is 34.3. The first-order valence-corrected chi connectivity index (χ1v) is 36.6. The Labute approximate surface area is 630 Å². The number of hydrogen-bond acceptors (Lipinski definition) is 28. The number of thiazole rings is 2. The molecule has 0 radical (unpaired) electrons. The fourth-order valence-corrected chi connectivity index (χ4v) is 12.5. The molecule has 0 spiro atoms. The van der Waals surface area contributed by atoms with E-state index in [4.69, 9.17) is 0 Å². The van der Waals surface area contributed by atoms with Crippen LogP contribution < -0.4 is 0 Å². The van der Waals surface area contributed by atoms with Crippen LogP contribution in [0, 0.1) is 0 Å². The number of aromatic amines is 3. The van der Waals surface area contributed by atoms with Gasteiger partial charge >= 0.3 is 0 Å². The summed E-state index contributed by atoms with van der Waals surface area (Å²) in [5.74, 6) is 0. The van der Waals surface area contributed by atoms with E-state index in [1.54, 1.807) is 141 Å². The van der Waals surface area contributed by atoms with Crippen molar-refractivity contribution in [2.24, 2.45) is 0 Å². The highest BCUT2D eigenvalue weighted by molar-refractivity contribution is 7.16. The average Bonchev–Trinajstić information content (AvgIpc) is 2.64. The van der Waals surface area contributed by atoms with Crippen LogP contribution in [0.4, 0.5) is 0 Å². The van der Waals surface area contributed by atoms with Crippen LogP contribution in [0.1, 0.15) is 0 Å². The molecule has 2 aromatic carbocycles. The van der Waals surface area contributed by atoms with Gasteiger partial charge in [0.15, 0.2) is 11.3 Å². The molecule has 24 rings (SSSR count). The van der Waals surface area contributed by atoms with Gasteiger partial charge in [-0.2, -0.15) is 30.0 Å². The van der Waals surface area contributed by atoms with Gasteiger partial charge in [-0.3, -0.25) is 4.98 Å². The molecule has 0 aliphatic rings. The maximum Gasteiger partial charge on any atom is 0.204 e. The molecule has 3 N–H and O–H groups in total. The number of benzene rings is 2. The highest BCUT2D eigenvalue weighted by Gasteiger charge is 1.98. The first-order valence-electron chi connectivity index (χ1n) is 32.1. The summed E-state index contributed by atoms with van der Waals surface area (Å²) in [6, 6.07) is 45.9. The molecule has 22 aromatic heterocycles. The molecule has 30 nitrogen and oxygen atoms in total. The van der Waals surface area contributed by atoms with E-state index in [0.717, 1.165) is 76.5 Å². The molecule has 0 bridgehead atoms. The number of H-pyrrole nitrogens is 3. The summed E-state index contributed by atoms with van der Waals surface area (Å²) in [6.07, 6.45) is 39.3. The van der Waals surface area contributed by atoms with E-state index >= 15 is 0 Å². The molecule has 35 heteroatoms. The quantitative estimate of drug-likeness (QED) is 0.127. The number of para-hydroxylation sites is 3. The predicted octanol–water partition coefficient (Wildman–Crippen LogP) is 14.9. The second-order valence-corrected chi connectivity index (χ2v) is 25.0. The number of imidazole rings is 4. The molecule has 0 aliphatic heterocycles. The second-order valence-electron chi connectivity index (χ2n) is 21.2. The Hall–Kier alpha value is -14.4. The lowest BCUT2D eigenvalue weighted by molar-refractivity contribution is 0.892. The summed E-state index contributed by atoms with van der Waals surface area (Å²) in [5.41, 5.74) is 18.9. The zero-order valence-electron chi connectivity index (χ0n) is 56.2. The van der Waals surface area contributed by atoms with E-state index < -0.39 is 0 Å². The molecular formula is C73H56N30S5. The van der Waals surface area contributed by atoms with E-state index in [1.807, 2.05) is 179 Å². The Morgan fingerprint density at radius 3 is 1.84 bits per heavy atom. The maximum absolute atomic E-state index is 4.15. The van der Waals surface area contributed by atoms with Crippen molar-refractivity contribution in [3.05, 3.63) is 321 Å². The SMILES string of the molecule is c1ccc2[nH]cnc2c1.c1ccc2scnc2c1.c1ccn2cccc2c1.c1ccn2nccc2c1.c1cnc2cscc2c1.c1cnc2scnc2c1.c1cnn2ccnc2c1.c1ncc2[nH]cnc2n1.c1ncc2cncn2n1.c1ncc2cscc2n1.c1ncc2n[nH]nc2n1.c1ncc2nscc2n1. The molecule has 24 aromatic rings. The van der Waals surface area contributed by atoms with Crippen molar-refractivity contribution < 1.29 is 0 Å². The molecule has 0 unspecified atom stereocenters. The number of hydrogen-bond donors (Lipinski definition) is 3. The van der Waals surface area contributed by atoms with Crippen molar-refractivity contribution >= 4 is 166 Å². The van der Waals surface area contributed by atoms with Crippen LogP contribution in [0.3, 0.4) is 0 Å². The van der Waals surface area contributed by atoms with Gasteiger partial charge in [0.05, 0.1) is 98.0 Å². The zero-order valence-corrected chi connectivity index (χ0v) is 60.3. The number of fused-ring (bicyclic) bond motifs is 12. The Bertz CT molecular complexity index is 4830. The van der Waals surface area contributed by atoms with Crippen LogP contribution in [0.5, 0.6) is 0 Å². The van der Waals surface area contributed by atoms with Crippen LogP contribution in [-0.2, 0) is 0 Å². The van der Waals surface area contributed by atoms with Crippen LogP contribution in [0.15, 0.2) is 321 Å². The molecular weight excluding hydrogens is 1460 g/mol. The zero-order chi connectivity index (χ0) is 73.3. The minimum Gasteiger partial charge on any atom is -0.345 e. The molecule has 528 valence electrons. The lowest BCUT2D eigenvalue weighted by Gasteiger charge is -1.88. The molecule has 0 fully saturated rings. The summed E-state index contributed by atoms with van der Waals surface area (Å²) >= 11 is 7.98. The second kappa shape index (κ2) is 38.8. The smallest absolute Gasteiger partial charge is 0.204 e. The molecule has 0 saturated heterocycles. The topological polar surface area (TPSA) is 361 Å². The number of rotatable bonds is 0. The number of pyridine rings is 4. The van der Waals surface area contributed by atoms with E-state index in [9.17, 15) is 0 Å². The molecule has 0 atom stereocenters. The third-order valence-corrected chi connectivity index (χ3v) is 17.9. The number of nitrogens with one attached hydrogen (secondary N) is 3. The fourth-order valence-electron chi connectivity index (χ4n) is 9.12. The van der Waals surface area contributed by atoms with Crippen molar-refractivity contribution in [2.75, 3.05) is 0 Å². The minimum atomic E-state index is 0.602. The molecule has 22 heterocycles. The lowest BCUT2D eigenvalue weighted by Crippen LogP contribution is -1.87. The summed E-state index contributed by atoms with van der Waals surface area (Å²) in [4.78, 5) is 74.0. The highest BCUT2D eigenvalue weighted by atomic mass is 32.1. The van der Waals surface area contributed by atoms with Gasteiger partial charge < -0.3 is 14.4 Å². The van der Waals surface area contributed by atoms with Crippen LogP contribution in [0.25, 0.3) is 109 Å². The van der Waals surface area contributed by atoms with E-state index in [2.05, 4.69) is 169 Å². The first kappa shape index (κ1) is 72.0. The third kappa shape index (κ3) is 20.9. The van der Waals surface area contributed by atoms with E-state index in [-0.39, 0.29) is 0 Å². The van der Waals surface area contributed by atoms with Gasteiger partial charge in [0.2, 0.25) is 5.65 Å². The Balaban J connectivity index is 0.000000104. The molecule has 108 heavy (non-hydrogen) atoms. The number of thiophene rings is 2. The fraction of sp³-hybridized carbons (Fsp3) is 0. The van der Waals surface area contributed by atoms with Crippen molar-refractivity contribution in [2.45, 2.75) is 0 Å². The summed E-state index contributed by atoms with van der Waals surface area (Å²) in [7, 11) is 0. The van der Waals surface area contributed by atoms with Gasteiger partial charge in [-0.15, -0.1) is 50.4 Å². The lowest BCUT2D eigenvalue weighted by atomic mass is 10.3. The predicted molar refractivity (Wildman–Crippen MR) is 423 cm³/mol. The van der Waals surface area contributed by atoms with E-state index in [1.165, 1.54) is 52.4 Å². The van der Waals surface area contributed by atoms with Gasteiger partial charge in [0, 0.05) is 105 Å². The van der Waals surface area contributed by atoms with Crippen LogP contribution in [-0.4, -0.2) is 148 Å². The van der Waals surface area contributed by atoms with Gasteiger partial charge in [-0.05, 0) is 109 Å². The molecule has 0 aliphatic carbocycles. The monoisotopic (exact) mass is 1510 g/mol. The van der Waals surface area contributed by atoms with Crippen molar-refractivity contribution in [1.29, 1.82) is 0 Å². The normalized spacial score (nSPS) is 10.2. The van der Waals surface area contributed by atoms with Crippen molar-refractivity contribution in [1.82, 2.24) is 148 Å². The maximum atomic E-state index is 4.15. The van der Waals surface area contributed by atoms with Crippen LogP contribution in [0.2, 0.25) is 0 Å². The third-order valence-electron chi connectivity index (χ3n) is 14.2. The largest absolute Gasteiger partial charge is 0.345 e. The van der Waals surface area contributed by atoms with Gasteiger partial charge in [0.25, 0.3) is 0 Å². The Morgan fingerprint density at radius 1 is 0.333 bits per heavy atom. The van der Waals surface area contributed by atoms with Gasteiger partial charge in [-0.1, -0.05) is 42.5 Å². The van der Waals surface area contributed by atoms with Crippen molar-refractivity contribution in [3.8, 4) is 0 Å². The Morgan fingerprint density at radius 2 is 1.02 bits per heavy atom. The Kier molecular flexibility index (Phi) is 25.8. The number of nitrogens with zero attached hydrogens (tertiary/aromatic N) is 27. The van der Waals surface area contributed by atoms with Gasteiger partial charge in [0.1, 0.15) is 70.4 Å². The van der Waals surface area contributed by atoms with Crippen molar-refractivity contribution in [3.63, 3.8) is 0 Å². The number of aromatic nitrogens is 30. The first-order chi connectivity index (χ1) is 53.6. The van der Waals surface area contributed by atoms with Gasteiger partial charge in [-0.25, -0.2) is 93.3 Å². The van der Waals surface area contributed by atoms with E-state index in [0.29, 0.717) is 16.8 Å².